The minimum absolute atomic E-state index is 0.312. The average Bonchev–Trinajstić information content (AvgIpc) is 2.84. The molecule has 1 amide bonds. The van der Waals surface area contributed by atoms with E-state index in [0.29, 0.717) is 25.3 Å². The molecule has 1 saturated carbocycles. The molecule has 1 heterocycles. The number of methoxy groups -OCH3 is 1. The van der Waals surface area contributed by atoms with E-state index in [1.165, 1.54) is 7.11 Å². The summed E-state index contributed by atoms with van der Waals surface area (Å²) in [5.41, 5.74) is -1.32. The molecule has 2 rings (SSSR count). The number of carbonyl (C=O) groups excluding carboxylic acids is 2. The fourth-order valence-electron chi connectivity index (χ4n) is 3.01. The van der Waals surface area contributed by atoms with Crippen molar-refractivity contribution in [3.05, 3.63) is 0 Å². The Morgan fingerprint density at radius 1 is 1.33 bits per heavy atom. The standard InChI is InChI=1S/C13H21NO4/c1-12(2,3)18-11(16)14-8-9-5-6-13(14,7-9)10(15)17-4/h9H,5-8H2,1-4H3/t9-,13-/m0/s1. The normalized spacial score (nSPS) is 30.4. The summed E-state index contributed by atoms with van der Waals surface area (Å²) in [5, 5.41) is 0. The number of nitrogens with zero attached hydrogens (tertiary/aromatic N) is 1. The summed E-state index contributed by atoms with van der Waals surface area (Å²) in [6, 6.07) is 0. The molecule has 0 radical (unpaired) electrons. The van der Waals surface area contributed by atoms with Crippen LogP contribution in [0.15, 0.2) is 0 Å². The molecule has 5 heteroatoms. The molecule has 2 aliphatic rings. The zero-order chi connectivity index (χ0) is 13.6. The van der Waals surface area contributed by atoms with E-state index < -0.39 is 17.2 Å². The monoisotopic (exact) mass is 255 g/mol. The number of hydrogen-bond donors (Lipinski definition) is 0. The van der Waals surface area contributed by atoms with Crippen molar-refractivity contribution in [3.63, 3.8) is 0 Å². The maximum atomic E-state index is 12.2. The van der Waals surface area contributed by atoms with Crippen LogP contribution in [0.2, 0.25) is 0 Å². The molecule has 18 heavy (non-hydrogen) atoms. The molecule has 102 valence electrons. The molecule has 2 atom stereocenters. The van der Waals surface area contributed by atoms with Crippen LogP contribution >= 0.6 is 0 Å². The molecule has 1 aliphatic heterocycles. The highest BCUT2D eigenvalue weighted by molar-refractivity contribution is 5.87. The van der Waals surface area contributed by atoms with Gasteiger partial charge < -0.3 is 9.47 Å². The molecule has 2 bridgehead atoms. The first kappa shape index (κ1) is 13.2. The van der Waals surface area contributed by atoms with E-state index >= 15 is 0 Å². The van der Waals surface area contributed by atoms with Gasteiger partial charge in [0.15, 0.2) is 0 Å². The number of carbonyl (C=O) groups is 2. The molecule has 0 N–H and O–H groups in total. The lowest BCUT2D eigenvalue weighted by molar-refractivity contribution is -0.153. The molecule has 0 spiro atoms. The van der Waals surface area contributed by atoms with Crippen LogP contribution in [0.5, 0.6) is 0 Å². The van der Waals surface area contributed by atoms with Crippen LogP contribution in [0.4, 0.5) is 4.79 Å². The molecule has 2 fully saturated rings. The Morgan fingerprint density at radius 2 is 2.00 bits per heavy atom. The Bertz CT molecular complexity index is 374. The molecule has 0 aromatic carbocycles. The topological polar surface area (TPSA) is 55.8 Å². The number of ether oxygens (including phenoxy) is 2. The number of rotatable bonds is 1. The van der Waals surface area contributed by atoms with Gasteiger partial charge in [0.1, 0.15) is 11.1 Å². The lowest BCUT2D eigenvalue weighted by atomic mass is 9.97. The van der Waals surface area contributed by atoms with Crippen molar-refractivity contribution >= 4 is 12.1 Å². The van der Waals surface area contributed by atoms with Gasteiger partial charge in [-0.3, -0.25) is 4.90 Å². The van der Waals surface area contributed by atoms with Crippen LogP contribution < -0.4 is 0 Å². The first-order chi connectivity index (χ1) is 8.28. The van der Waals surface area contributed by atoms with E-state index in [1.54, 1.807) is 4.90 Å². The second-order valence-electron chi connectivity index (χ2n) is 6.22. The molecular formula is C13H21NO4. The van der Waals surface area contributed by atoms with Gasteiger partial charge in [0.05, 0.1) is 7.11 Å². The van der Waals surface area contributed by atoms with Gasteiger partial charge in [-0.2, -0.15) is 0 Å². The van der Waals surface area contributed by atoms with E-state index in [4.69, 9.17) is 9.47 Å². The van der Waals surface area contributed by atoms with Crippen molar-refractivity contribution in [2.45, 2.75) is 51.2 Å². The molecule has 1 aliphatic carbocycles. The van der Waals surface area contributed by atoms with Crippen molar-refractivity contribution < 1.29 is 19.1 Å². The second-order valence-corrected chi connectivity index (χ2v) is 6.22. The largest absolute Gasteiger partial charge is 0.467 e. The first-order valence-electron chi connectivity index (χ1n) is 6.37. The summed E-state index contributed by atoms with van der Waals surface area (Å²) in [6.07, 6.45) is 1.96. The third-order valence-electron chi connectivity index (χ3n) is 3.73. The van der Waals surface area contributed by atoms with E-state index in [9.17, 15) is 9.59 Å². The summed E-state index contributed by atoms with van der Waals surface area (Å²) >= 11 is 0. The Kier molecular flexibility index (Phi) is 3.03. The van der Waals surface area contributed by atoms with Crippen LogP contribution in [0.25, 0.3) is 0 Å². The predicted molar refractivity (Wildman–Crippen MR) is 65.0 cm³/mol. The van der Waals surface area contributed by atoms with Gasteiger partial charge in [-0.05, 0) is 46.0 Å². The molecule has 0 aromatic rings. The zero-order valence-corrected chi connectivity index (χ0v) is 11.5. The van der Waals surface area contributed by atoms with Gasteiger partial charge in [0.2, 0.25) is 0 Å². The smallest absolute Gasteiger partial charge is 0.411 e. The van der Waals surface area contributed by atoms with Crippen molar-refractivity contribution in [2.75, 3.05) is 13.7 Å². The second kappa shape index (κ2) is 4.14. The van der Waals surface area contributed by atoms with Gasteiger partial charge in [-0.15, -0.1) is 0 Å². The summed E-state index contributed by atoms with van der Waals surface area (Å²) in [4.78, 5) is 25.7. The number of amides is 1. The fraction of sp³-hybridized carbons (Fsp3) is 0.846. The highest BCUT2D eigenvalue weighted by Crippen LogP contribution is 2.47. The van der Waals surface area contributed by atoms with Gasteiger partial charge in [0.25, 0.3) is 0 Å². The molecule has 0 aromatic heterocycles. The van der Waals surface area contributed by atoms with Crippen molar-refractivity contribution in [1.82, 2.24) is 4.90 Å². The average molecular weight is 255 g/mol. The summed E-state index contributed by atoms with van der Waals surface area (Å²) in [6.45, 7) is 6.07. The zero-order valence-electron chi connectivity index (χ0n) is 11.5. The maximum Gasteiger partial charge on any atom is 0.411 e. The van der Waals surface area contributed by atoms with Crippen LogP contribution in [0.3, 0.4) is 0 Å². The first-order valence-corrected chi connectivity index (χ1v) is 6.37. The number of hydrogen-bond acceptors (Lipinski definition) is 4. The van der Waals surface area contributed by atoms with Gasteiger partial charge in [0, 0.05) is 6.54 Å². The third kappa shape index (κ3) is 2.06. The highest BCUT2D eigenvalue weighted by Gasteiger charge is 2.59. The number of fused-ring (bicyclic) bond motifs is 2. The van der Waals surface area contributed by atoms with Crippen LogP contribution in [-0.4, -0.2) is 41.8 Å². The lowest BCUT2D eigenvalue weighted by Crippen LogP contribution is -2.55. The highest BCUT2D eigenvalue weighted by atomic mass is 16.6. The third-order valence-corrected chi connectivity index (χ3v) is 3.73. The van der Waals surface area contributed by atoms with Crippen LogP contribution in [0, 0.1) is 5.92 Å². The van der Waals surface area contributed by atoms with Crippen LogP contribution in [-0.2, 0) is 14.3 Å². The minimum Gasteiger partial charge on any atom is -0.467 e. The molecule has 0 unspecified atom stereocenters. The fourth-order valence-corrected chi connectivity index (χ4v) is 3.01. The van der Waals surface area contributed by atoms with Crippen LogP contribution in [0.1, 0.15) is 40.0 Å². The van der Waals surface area contributed by atoms with E-state index in [1.807, 2.05) is 20.8 Å². The Balaban J connectivity index is 2.18. The van der Waals surface area contributed by atoms with Crippen molar-refractivity contribution in [3.8, 4) is 0 Å². The van der Waals surface area contributed by atoms with Gasteiger partial charge in [-0.1, -0.05) is 0 Å². The predicted octanol–water partition coefficient (Wildman–Crippen LogP) is 1.95. The van der Waals surface area contributed by atoms with E-state index in [0.717, 1.165) is 6.42 Å². The summed E-state index contributed by atoms with van der Waals surface area (Å²) < 4.78 is 10.3. The summed E-state index contributed by atoms with van der Waals surface area (Å²) in [7, 11) is 1.37. The molecule has 1 saturated heterocycles. The number of esters is 1. The van der Waals surface area contributed by atoms with Gasteiger partial charge in [-0.25, -0.2) is 9.59 Å². The van der Waals surface area contributed by atoms with Crippen molar-refractivity contribution in [2.24, 2.45) is 5.92 Å². The SMILES string of the molecule is COC(=O)[C@@]12CC[C@H](CN1C(=O)OC(C)(C)C)C2. The Labute approximate surface area is 107 Å². The Hall–Kier alpha value is -1.26. The van der Waals surface area contributed by atoms with E-state index in [2.05, 4.69) is 0 Å². The lowest BCUT2D eigenvalue weighted by Gasteiger charge is -2.37. The Morgan fingerprint density at radius 3 is 2.50 bits per heavy atom. The summed E-state index contributed by atoms with van der Waals surface area (Å²) in [5.74, 6) is 0.0879. The molecular weight excluding hydrogens is 234 g/mol. The maximum absolute atomic E-state index is 12.2. The van der Waals surface area contributed by atoms with Crippen molar-refractivity contribution in [1.29, 1.82) is 0 Å². The minimum atomic E-state index is -0.776. The number of likely N-dealkylation sites (tertiary alicyclic amines) is 1. The molecule has 5 nitrogen and oxygen atoms in total. The van der Waals surface area contributed by atoms with E-state index in [-0.39, 0.29) is 5.97 Å². The number of piperidine rings is 1. The van der Waals surface area contributed by atoms with Gasteiger partial charge >= 0.3 is 12.1 Å². The quantitative estimate of drug-likeness (QED) is 0.672.